The Morgan fingerprint density at radius 1 is 0.618 bits per heavy atom. The van der Waals surface area contributed by atoms with Gasteiger partial charge in [-0.05, 0) is 0 Å². The SMILES string of the molecule is CC1=C(C)[C]([Ti+3])(C[SiH](c2ccccc2C)c2ccccc2C)C(c2ccccc2)=C1C.[Cl-].[Cl-].[Cl-]. The molecule has 0 bridgehead atoms. The van der Waals surface area contributed by atoms with Crippen LogP contribution in [0.1, 0.15) is 37.5 Å². The number of rotatable bonds is 5. The van der Waals surface area contributed by atoms with Gasteiger partial charge < -0.3 is 37.2 Å². The minimum absolute atomic E-state index is 0. The molecule has 0 saturated carbocycles. The molecule has 0 saturated heterocycles. The normalized spacial score (nSPS) is 17.3. The van der Waals surface area contributed by atoms with Gasteiger partial charge in [0, 0.05) is 0 Å². The maximum Gasteiger partial charge on any atom is -1.00 e. The van der Waals surface area contributed by atoms with Gasteiger partial charge in [0.25, 0.3) is 0 Å². The van der Waals surface area contributed by atoms with Crippen molar-refractivity contribution in [3.63, 3.8) is 0 Å². The third-order valence-electron chi connectivity index (χ3n) is 7.27. The van der Waals surface area contributed by atoms with Crippen LogP contribution in [0.15, 0.2) is 95.6 Å². The molecule has 34 heavy (non-hydrogen) atoms. The van der Waals surface area contributed by atoms with Crippen molar-refractivity contribution in [1.29, 1.82) is 0 Å². The van der Waals surface area contributed by atoms with Crippen molar-refractivity contribution in [3.05, 3.63) is 112 Å². The van der Waals surface area contributed by atoms with Crippen LogP contribution in [-0.4, -0.2) is 8.80 Å². The van der Waals surface area contributed by atoms with Gasteiger partial charge in [-0.1, -0.05) is 0 Å². The third-order valence-corrected chi connectivity index (χ3v) is 13.0. The minimum atomic E-state index is -1.47. The third kappa shape index (κ3) is 5.67. The van der Waals surface area contributed by atoms with Crippen molar-refractivity contribution in [1.82, 2.24) is 0 Å². The zero-order valence-electron chi connectivity index (χ0n) is 20.4. The molecular weight excluding hydrogens is 531 g/mol. The first kappa shape index (κ1) is 31.0. The maximum atomic E-state index is 2.50. The molecule has 1 aliphatic carbocycles. The number of hydrogen-bond acceptors (Lipinski definition) is 0. The molecule has 0 heterocycles. The summed E-state index contributed by atoms with van der Waals surface area (Å²) in [5.74, 6) is 0. The number of hydrogen-bond donors (Lipinski definition) is 0. The fourth-order valence-electron chi connectivity index (χ4n) is 5.27. The van der Waals surface area contributed by atoms with E-state index in [0.717, 1.165) is 0 Å². The van der Waals surface area contributed by atoms with E-state index in [-0.39, 0.29) is 40.9 Å². The average molecular weight is 562 g/mol. The second-order valence-electron chi connectivity index (χ2n) is 8.99. The van der Waals surface area contributed by atoms with Crippen LogP contribution in [0.4, 0.5) is 0 Å². The number of allylic oxidation sites excluding steroid dienone is 4. The van der Waals surface area contributed by atoms with E-state index in [1.54, 1.807) is 15.9 Å². The first-order valence-electron chi connectivity index (χ1n) is 11.2. The molecule has 5 heteroatoms. The van der Waals surface area contributed by atoms with Crippen molar-refractivity contribution in [2.45, 2.75) is 44.4 Å². The summed E-state index contributed by atoms with van der Waals surface area (Å²) in [6, 6.07) is 30.4. The molecule has 0 fully saturated rings. The van der Waals surface area contributed by atoms with Crippen LogP contribution in [0.25, 0.3) is 5.57 Å². The number of aryl methyl sites for hydroxylation is 2. The predicted molar refractivity (Wildman–Crippen MR) is 134 cm³/mol. The van der Waals surface area contributed by atoms with Crippen LogP contribution in [-0.2, 0) is 20.4 Å². The Labute approximate surface area is 237 Å². The molecule has 0 nitrogen and oxygen atoms in total. The van der Waals surface area contributed by atoms with Crippen LogP contribution in [0.3, 0.4) is 0 Å². The number of benzene rings is 3. The maximum absolute atomic E-state index is 2.50. The Bertz CT molecular complexity index is 1140. The molecule has 0 aromatic heterocycles. The minimum Gasteiger partial charge on any atom is -1.00 e. The molecular formula is C29H31Cl3SiTi. The molecule has 3 aromatic rings. The van der Waals surface area contributed by atoms with Gasteiger partial charge in [-0.25, -0.2) is 0 Å². The Kier molecular flexibility index (Phi) is 11.6. The Balaban J connectivity index is 0.00000193. The van der Waals surface area contributed by atoms with E-state index in [4.69, 9.17) is 0 Å². The predicted octanol–water partition coefficient (Wildman–Crippen LogP) is -2.81. The van der Waals surface area contributed by atoms with E-state index in [1.807, 2.05) is 0 Å². The van der Waals surface area contributed by atoms with Gasteiger partial charge in [-0.3, -0.25) is 0 Å². The van der Waals surface area contributed by atoms with Gasteiger partial charge in [0.05, 0.1) is 0 Å². The molecule has 0 N–H and O–H groups in total. The van der Waals surface area contributed by atoms with E-state index in [1.165, 1.54) is 39.5 Å². The molecule has 1 unspecified atom stereocenters. The quantitative estimate of drug-likeness (QED) is 0.295. The van der Waals surface area contributed by atoms with Gasteiger partial charge in [-0.15, -0.1) is 0 Å². The molecule has 4 rings (SSSR count). The smallest absolute Gasteiger partial charge is 1.00 e. The summed E-state index contributed by atoms with van der Waals surface area (Å²) < 4.78 is 0.0526. The van der Waals surface area contributed by atoms with Gasteiger partial charge in [0.1, 0.15) is 0 Å². The molecule has 3 aromatic carbocycles. The van der Waals surface area contributed by atoms with Gasteiger partial charge in [-0.2, -0.15) is 0 Å². The van der Waals surface area contributed by atoms with Crippen molar-refractivity contribution in [2.75, 3.05) is 0 Å². The first-order chi connectivity index (χ1) is 14.8. The van der Waals surface area contributed by atoms with Crippen molar-refractivity contribution in [3.8, 4) is 0 Å². The molecule has 1 atom stereocenters. The topological polar surface area (TPSA) is 0 Å². The Hall–Kier alpha value is -1.06. The summed E-state index contributed by atoms with van der Waals surface area (Å²) in [7, 11) is -1.47. The summed E-state index contributed by atoms with van der Waals surface area (Å²) in [5.41, 5.74) is 10.3. The molecule has 176 valence electrons. The molecule has 1 aliphatic rings. The number of halogens is 3. The summed E-state index contributed by atoms with van der Waals surface area (Å²) in [4.78, 5) is 0. The molecule has 0 spiro atoms. The van der Waals surface area contributed by atoms with E-state index >= 15 is 0 Å². The van der Waals surface area contributed by atoms with Gasteiger partial charge >= 0.3 is 202 Å². The van der Waals surface area contributed by atoms with E-state index in [0.29, 0.717) is 0 Å². The van der Waals surface area contributed by atoms with Crippen LogP contribution in [0, 0.1) is 13.8 Å². The van der Waals surface area contributed by atoms with Crippen molar-refractivity contribution >= 4 is 24.7 Å². The zero-order chi connectivity index (χ0) is 22.2. The summed E-state index contributed by atoms with van der Waals surface area (Å²) in [6.45, 7) is 11.6. The zero-order valence-corrected chi connectivity index (χ0v) is 25.4. The van der Waals surface area contributed by atoms with Gasteiger partial charge in [0.2, 0.25) is 0 Å². The van der Waals surface area contributed by atoms with E-state index < -0.39 is 8.80 Å². The van der Waals surface area contributed by atoms with Gasteiger partial charge in [0.15, 0.2) is 0 Å². The second-order valence-corrected chi connectivity index (χ2v) is 13.1. The summed E-state index contributed by atoms with van der Waals surface area (Å²) in [6.07, 6.45) is 0. The standard InChI is InChI=1S/C29H31Si.3ClH.Ti/c1-20-13-9-11-17-27(20)30(28-18-12-10-14-21(28)2)19-26-23(4)22(3)24(5)29(26)25-15-7-6-8-16-25;;;;/h6-18,30H,19H2,1-5H3;3*1H;/q;;;;+3/p-3. The molecule has 0 aliphatic heterocycles. The van der Waals surface area contributed by atoms with E-state index in [9.17, 15) is 0 Å². The fourth-order valence-corrected chi connectivity index (χ4v) is 10.9. The second kappa shape index (κ2) is 12.8. The summed E-state index contributed by atoms with van der Waals surface area (Å²) in [5, 5.41) is 3.17. The van der Waals surface area contributed by atoms with Crippen LogP contribution < -0.4 is 47.6 Å². The largest absolute Gasteiger partial charge is 1.00 e. The Morgan fingerprint density at radius 3 is 1.53 bits per heavy atom. The molecule has 0 radical (unpaired) electrons. The molecule has 0 amide bonds. The first-order valence-corrected chi connectivity index (χ1v) is 13.9. The monoisotopic (exact) mass is 560 g/mol. The van der Waals surface area contributed by atoms with Crippen LogP contribution in [0.5, 0.6) is 0 Å². The fraction of sp³-hybridized carbons (Fsp3) is 0.241. The van der Waals surface area contributed by atoms with Crippen LogP contribution >= 0.6 is 0 Å². The average Bonchev–Trinajstić information content (AvgIpc) is 2.94. The van der Waals surface area contributed by atoms with E-state index in [2.05, 4.69) is 134 Å². The van der Waals surface area contributed by atoms with Crippen molar-refractivity contribution in [2.24, 2.45) is 0 Å². The van der Waals surface area contributed by atoms with Crippen molar-refractivity contribution < 1.29 is 57.7 Å². The summed E-state index contributed by atoms with van der Waals surface area (Å²) >= 11 is 2.50. The Morgan fingerprint density at radius 2 is 1.06 bits per heavy atom. The van der Waals surface area contributed by atoms with Crippen LogP contribution in [0.2, 0.25) is 9.76 Å².